The molecule has 0 spiro atoms. The predicted octanol–water partition coefficient (Wildman–Crippen LogP) is 2.65. The van der Waals surface area contributed by atoms with Crippen molar-refractivity contribution in [1.29, 1.82) is 0 Å². The zero-order chi connectivity index (χ0) is 17.0. The minimum Gasteiger partial charge on any atom is -0.496 e. The first-order valence-corrected chi connectivity index (χ1v) is 7.03. The van der Waals surface area contributed by atoms with Gasteiger partial charge in [0.1, 0.15) is 11.4 Å². The minimum absolute atomic E-state index is 0.134. The summed E-state index contributed by atoms with van der Waals surface area (Å²) >= 11 is 0. The van der Waals surface area contributed by atoms with Gasteiger partial charge in [-0.1, -0.05) is 0 Å². The zero-order valence-electron chi connectivity index (χ0n) is 13.9. The number of allylic oxidation sites excluding steroid dienone is 1. The molecule has 0 N–H and O–H groups in total. The van der Waals surface area contributed by atoms with Crippen molar-refractivity contribution in [2.24, 2.45) is 7.05 Å². The standard InChI is InChI=1S/C17H20N2O4/c1-11-8-13(19(2)18-11)14(20)7-6-12-9-16(22-4)17(23-5)10-15(12)21-3/h6-10H,1-5H3/b7-6+. The lowest BCUT2D eigenvalue weighted by Crippen LogP contribution is -2.04. The van der Waals surface area contributed by atoms with Gasteiger partial charge in [0, 0.05) is 18.7 Å². The summed E-state index contributed by atoms with van der Waals surface area (Å²) in [5.74, 6) is 1.59. The molecule has 2 aromatic rings. The van der Waals surface area contributed by atoms with Crippen LogP contribution >= 0.6 is 0 Å². The van der Waals surface area contributed by atoms with Crippen LogP contribution in [0.5, 0.6) is 17.2 Å². The largest absolute Gasteiger partial charge is 0.496 e. The van der Waals surface area contributed by atoms with Crippen LogP contribution in [-0.2, 0) is 7.05 Å². The zero-order valence-corrected chi connectivity index (χ0v) is 13.9. The van der Waals surface area contributed by atoms with E-state index in [1.165, 1.54) is 6.08 Å². The van der Waals surface area contributed by atoms with E-state index in [2.05, 4.69) is 5.10 Å². The molecule has 122 valence electrons. The number of ketones is 1. The fourth-order valence-corrected chi connectivity index (χ4v) is 2.28. The summed E-state index contributed by atoms with van der Waals surface area (Å²) in [5, 5.41) is 4.17. The average Bonchev–Trinajstić information content (AvgIpc) is 2.90. The van der Waals surface area contributed by atoms with E-state index in [4.69, 9.17) is 14.2 Å². The van der Waals surface area contributed by atoms with E-state index in [1.807, 2.05) is 6.92 Å². The molecule has 0 aliphatic rings. The molecule has 0 atom stereocenters. The summed E-state index contributed by atoms with van der Waals surface area (Å²) < 4.78 is 17.4. The quantitative estimate of drug-likeness (QED) is 0.605. The Kier molecular flexibility index (Phi) is 5.05. The number of carbonyl (C=O) groups excluding carboxylic acids is 1. The summed E-state index contributed by atoms with van der Waals surface area (Å²) in [6.45, 7) is 1.85. The van der Waals surface area contributed by atoms with Gasteiger partial charge in [0.05, 0.1) is 27.0 Å². The number of rotatable bonds is 6. The molecule has 0 amide bonds. The molecule has 1 aromatic heterocycles. The fraction of sp³-hybridized carbons (Fsp3) is 0.294. The van der Waals surface area contributed by atoms with Crippen LogP contribution in [0.15, 0.2) is 24.3 Å². The average molecular weight is 316 g/mol. The predicted molar refractivity (Wildman–Crippen MR) is 87.4 cm³/mol. The van der Waals surface area contributed by atoms with Crippen LogP contribution in [0, 0.1) is 6.92 Å². The molecule has 0 radical (unpaired) electrons. The number of hydrogen-bond donors (Lipinski definition) is 0. The van der Waals surface area contributed by atoms with Crippen LogP contribution in [-0.4, -0.2) is 36.9 Å². The van der Waals surface area contributed by atoms with Gasteiger partial charge >= 0.3 is 0 Å². The monoisotopic (exact) mass is 316 g/mol. The van der Waals surface area contributed by atoms with E-state index in [0.717, 1.165) is 11.3 Å². The van der Waals surface area contributed by atoms with Gasteiger partial charge in [-0.05, 0) is 31.2 Å². The Hall–Kier alpha value is -2.76. The van der Waals surface area contributed by atoms with Crippen molar-refractivity contribution in [1.82, 2.24) is 9.78 Å². The van der Waals surface area contributed by atoms with Crippen LogP contribution in [0.25, 0.3) is 6.08 Å². The van der Waals surface area contributed by atoms with E-state index in [9.17, 15) is 4.79 Å². The Morgan fingerprint density at radius 3 is 2.17 bits per heavy atom. The van der Waals surface area contributed by atoms with Crippen molar-refractivity contribution >= 4 is 11.9 Å². The number of aryl methyl sites for hydroxylation is 2. The highest BCUT2D eigenvalue weighted by Gasteiger charge is 2.12. The second kappa shape index (κ2) is 7.00. The number of carbonyl (C=O) groups is 1. The third-order valence-corrected chi connectivity index (χ3v) is 3.40. The molecule has 1 heterocycles. The maximum atomic E-state index is 12.3. The second-order valence-electron chi connectivity index (χ2n) is 4.94. The van der Waals surface area contributed by atoms with Crippen molar-refractivity contribution in [2.45, 2.75) is 6.92 Å². The minimum atomic E-state index is -0.134. The molecule has 0 fully saturated rings. The van der Waals surface area contributed by atoms with Gasteiger partial charge < -0.3 is 14.2 Å². The number of ether oxygens (including phenoxy) is 3. The highest BCUT2D eigenvalue weighted by Crippen LogP contribution is 2.35. The molecule has 6 nitrogen and oxygen atoms in total. The Balaban J connectivity index is 2.34. The van der Waals surface area contributed by atoms with Crippen LogP contribution in [0.2, 0.25) is 0 Å². The van der Waals surface area contributed by atoms with Crippen molar-refractivity contribution < 1.29 is 19.0 Å². The molecule has 2 rings (SSSR count). The molecule has 0 bridgehead atoms. The van der Waals surface area contributed by atoms with Crippen LogP contribution in [0.1, 0.15) is 21.7 Å². The summed E-state index contributed by atoms with van der Waals surface area (Å²) in [4.78, 5) is 12.3. The molecule has 0 unspecified atom stereocenters. The Morgan fingerprint density at radius 1 is 1.04 bits per heavy atom. The van der Waals surface area contributed by atoms with E-state index in [0.29, 0.717) is 22.9 Å². The highest BCUT2D eigenvalue weighted by atomic mass is 16.5. The first kappa shape index (κ1) is 16.6. The van der Waals surface area contributed by atoms with Crippen LogP contribution in [0.3, 0.4) is 0 Å². The fourth-order valence-electron chi connectivity index (χ4n) is 2.28. The molecule has 0 saturated carbocycles. The number of methoxy groups -OCH3 is 3. The van der Waals surface area contributed by atoms with E-state index >= 15 is 0 Å². The molecular formula is C17H20N2O4. The number of hydrogen-bond acceptors (Lipinski definition) is 5. The molecule has 23 heavy (non-hydrogen) atoms. The molecule has 0 aliphatic heterocycles. The Bertz CT molecular complexity index is 747. The van der Waals surface area contributed by atoms with Gasteiger partial charge in [-0.15, -0.1) is 0 Å². The first-order valence-electron chi connectivity index (χ1n) is 7.03. The van der Waals surface area contributed by atoms with E-state index in [1.54, 1.807) is 57.3 Å². The number of aromatic nitrogens is 2. The van der Waals surface area contributed by atoms with Gasteiger partial charge in [0.2, 0.25) is 5.78 Å². The maximum Gasteiger partial charge on any atom is 0.203 e. The van der Waals surface area contributed by atoms with E-state index in [-0.39, 0.29) is 5.78 Å². The molecule has 0 aliphatic carbocycles. The summed E-state index contributed by atoms with van der Waals surface area (Å²) in [6.07, 6.45) is 3.17. The lowest BCUT2D eigenvalue weighted by molar-refractivity contribution is 0.103. The normalized spacial score (nSPS) is 10.8. The topological polar surface area (TPSA) is 62.6 Å². The van der Waals surface area contributed by atoms with Crippen molar-refractivity contribution in [2.75, 3.05) is 21.3 Å². The summed E-state index contributed by atoms with van der Waals surface area (Å²) in [6, 6.07) is 5.23. The molecule has 6 heteroatoms. The van der Waals surface area contributed by atoms with Gasteiger partial charge in [-0.25, -0.2) is 0 Å². The van der Waals surface area contributed by atoms with Crippen molar-refractivity contribution in [3.63, 3.8) is 0 Å². The first-order chi connectivity index (χ1) is 11.0. The van der Waals surface area contributed by atoms with Gasteiger partial charge in [-0.2, -0.15) is 5.10 Å². The third kappa shape index (κ3) is 3.53. The Labute approximate surface area is 135 Å². The number of benzene rings is 1. The summed E-state index contributed by atoms with van der Waals surface area (Å²) in [5.41, 5.74) is 2.04. The second-order valence-corrected chi connectivity index (χ2v) is 4.94. The number of nitrogens with zero attached hydrogens (tertiary/aromatic N) is 2. The van der Waals surface area contributed by atoms with Crippen molar-refractivity contribution in [3.05, 3.63) is 41.2 Å². The lowest BCUT2D eigenvalue weighted by Gasteiger charge is -2.12. The van der Waals surface area contributed by atoms with Crippen LogP contribution < -0.4 is 14.2 Å². The smallest absolute Gasteiger partial charge is 0.203 e. The molecule has 1 aromatic carbocycles. The van der Waals surface area contributed by atoms with Gasteiger partial charge in [0.25, 0.3) is 0 Å². The SMILES string of the molecule is COc1cc(OC)c(OC)cc1/C=C/C(=O)c1cc(C)nn1C. The Morgan fingerprint density at radius 2 is 1.65 bits per heavy atom. The van der Waals surface area contributed by atoms with E-state index < -0.39 is 0 Å². The van der Waals surface area contributed by atoms with Crippen LogP contribution in [0.4, 0.5) is 0 Å². The third-order valence-electron chi connectivity index (χ3n) is 3.40. The van der Waals surface area contributed by atoms with Crippen molar-refractivity contribution in [3.8, 4) is 17.2 Å². The lowest BCUT2D eigenvalue weighted by atomic mass is 10.1. The van der Waals surface area contributed by atoms with Gasteiger partial charge in [0.15, 0.2) is 11.5 Å². The summed E-state index contributed by atoms with van der Waals surface area (Å²) in [7, 11) is 6.42. The molecular weight excluding hydrogens is 296 g/mol. The maximum absolute atomic E-state index is 12.3. The van der Waals surface area contributed by atoms with Gasteiger partial charge in [-0.3, -0.25) is 9.48 Å². The highest BCUT2D eigenvalue weighted by molar-refractivity contribution is 6.05. The molecule has 0 saturated heterocycles.